The van der Waals surface area contributed by atoms with Gasteiger partial charge >= 0.3 is 0 Å². The maximum atomic E-state index is 6.22. The minimum absolute atomic E-state index is 0.339. The lowest BCUT2D eigenvalue weighted by molar-refractivity contribution is 0.0495. The molecule has 2 saturated heterocycles. The van der Waals surface area contributed by atoms with Gasteiger partial charge in [-0.15, -0.1) is 0 Å². The van der Waals surface area contributed by atoms with Gasteiger partial charge in [0.25, 0.3) is 0 Å². The summed E-state index contributed by atoms with van der Waals surface area (Å²) in [5.74, 6) is 1.27. The standard InChI is InChI=1S/C10H19NO2/c11-10(9-3-6-13-7-9)8-1-4-12-5-2-8/h8-10H,1-7,11H2. The van der Waals surface area contributed by atoms with E-state index in [9.17, 15) is 0 Å². The Morgan fingerprint density at radius 1 is 0.923 bits per heavy atom. The summed E-state index contributed by atoms with van der Waals surface area (Å²) in [4.78, 5) is 0. The van der Waals surface area contributed by atoms with Gasteiger partial charge in [0.15, 0.2) is 0 Å². The van der Waals surface area contributed by atoms with Crippen LogP contribution in [-0.2, 0) is 9.47 Å². The van der Waals surface area contributed by atoms with E-state index in [0.29, 0.717) is 17.9 Å². The maximum absolute atomic E-state index is 6.22. The number of rotatable bonds is 2. The molecule has 2 rings (SSSR count). The summed E-state index contributed by atoms with van der Waals surface area (Å²) < 4.78 is 10.7. The van der Waals surface area contributed by atoms with Gasteiger partial charge in [-0.1, -0.05) is 0 Å². The van der Waals surface area contributed by atoms with Gasteiger partial charge in [0, 0.05) is 25.9 Å². The molecule has 2 fully saturated rings. The molecule has 0 amide bonds. The van der Waals surface area contributed by atoms with Crippen molar-refractivity contribution in [2.45, 2.75) is 25.3 Å². The summed E-state index contributed by atoms with van der Waals surface area (Å²) in [7, 11) is 0. The summed E-state index contributed by atoms with van der Waals surface area (Å²) in [6.07, 6.45) is 3.42. The molecule has 0 radical (unpaired) electrons. The summed E-state index contributed by atoms with van der Waals surface area (Å²) in [5, 5.41) is 0. The van der Waals surface area contributed by atoms with Gasteiger partial charge in [-0.25, -0.2) is 0 Å². The molecule has 2 unspecified atom stereocenters. The smallest absolute Gasteiger partial charge is 0.0510 e. The molecule has 2 N–H and O–H groups in total. The maximum Gasteiger partial charge on any atom is 0.0510 e. The highest BCUT2D eigenvalue weighted by molar-refractivity contribution is 4.83. The van der Waals surface area contributed by atoms with E-state index < -0.39 is 0 Å². The van der Waals surface area contributed by atoms with Gasteiger partial charge in [-0.2, -0.15) is 0 Å². The second-order valence-electron chi connectivity index (χ2n) is 4.15. The first-order chi connectivity index (χ1) is 6.38. The van der Waals surface area contributed by atoms with Crippen LogP contribution in [0.4, 0.5) is 0 Å². The van der Waals surface area contributed by atoms with E-state index in [2.05, 4.69) is 0 Å². The van der Waals surface area contributed by atoms with Crippen molar-refractivity contribution in [3.8, 4) is 0 Å². The van der Waals surface area contributed by atoms with Crippen LogP contribution in [0.2, 0.25) is 0 Å². The van der Waals surface area contributed by atoms with Gasteiger partial charge in [0.1, 0.15) is 0 Å². The molecular weight excluding hydrogens is 166 g/mol. The summed E-state index contributed by atoms with van der Waals surface area (Å²) in [6, 6.07) is 0.339. The summed E-state index contributed by atoms with van der Waals surface area (Å²) >= 11 is 0. The van der Waals surface area contributed by atoms with Crippen LogP contribution in [0.3, 0.4) is 0 Å². The normalized spacial score (nSPS) is 33.5. The number of hydrogen-bond donors (Lipinski definition) is 1. The monoisotopic (exact) mass is 185 g/mol. The Morgan fingerprint density at radius 3 is 2.15 bits per heavy atom. The lowest BCUT2D eigenvalue weighted by atomic mass is 9.84. The highest BCUT2D eigenvalue weighted by atomic mass is 16.5. The van der Waals surface area contributed by atoms with E-state index >= 15 is 0 Å². The molecule has 2 atom stereocenters. The zero-order valence-electron chi connectivity index (χ0n) is 8.08. The zero-order valence-corrected chi connectivity index (χ0v) is 8.08. The molecule has 13 heavy (non-hydrogen) atoms. The molecule has 3 heteroatoms. The first-order valence-electron chi connectivity index (χ1n) is 5.29. The largest absolute Gasteiger partial charge is 0.381 e. The van der Waals surface area contributed by atoms with E-state index in [4.69, 9.17) is 15.2 Å². The van der Waals surface area contributed by atoms with Crippen molar-refractivity contribution in [3.05, 3.63) is 0 Å². The molecule has 0 aromatic heterocycles. The molecule has 0 spiro atoms. The van der Waals surface area contributed by atoms with Crippen LogP contribution in [0.15, 0.2) is 0 Å². The fourth-order valence-electron chi connectivity index (χ4n) is 2.34. The highest BCUT2D eigenvalue weighted by Gasteiger charge is 2.30. The molecule has 2 aliphatic heterocycles. The van der Waals surface area contributed by atoms with Gasteiger partial charge in [0.05, 0.1) is 6.61 Å². The van der Waals surface area contributed by atoms with Crippen LogP contribution in [0.1, 0.15) is 19.3 Å². The fourth-order valence-corrected chi connectivity index (χ4v) is 2.34. The number of nitrogens with two attached hydrogens (primary N) is 1. The first-order valence-corrected chi connectivity index (χ1v) is 5.29. The first kappa shape index (κ1) is 9.44. The minimum atomic E-state index is 0.339. The third kappa shape index (κ3) is 2.22. The van der Waals surface area contributed by atoms with Crippen molar-refractivity contribution in [1.29, 1.82) is 0 Å². The van der Waals surface area contributed by atoms with Gasteiger partial charge < -0.3 is 15.2 Å². The topological polar surface area (TPSA) is 44.5 Å². The van der Waals surface area contributed by atoms with E-state index in [-0.39, 0.29) is 0 Å². The fraction of sp³-hybridized carbons (Fsp3) is 1.00. The molecule has 0 aromatic carbocycles. The van der Waals surface area contributed by atoms with Gasteiger partial charge in [0.2, 0.25) is 0 Å². The molecule has 0 aliphatic carbocycles. The molecule has 0 aromatic rings. The van der Waals surface area contributed by atoms with E-state index in [1.165, 1.54) is 0 Å². The lowest BCUT2D eigenvalue weighted by Gasteiger charge is -2.30. The SMILES string of the molecule is NC(C1CCOCC1)C1CCOC1. The Balaban J connectivity index is 1.83. The minimum Gasteiger partial charge on any atom is -0.381 e. The van der Waals surface area contributed by atoms with E-state index in [1.54, 1.807) is 0 Å². The average Bonchev–Trinajstić information content (AvgIpc) is 2.71. The van der Waals surface area contributed by atoms with Crippen molar-refractivity contribution >= 4 is 0 Å². The van der Waals surface area contributed by atoms with Crippen LogP contribution in [0.25, 0.3) is 0 Å². The highest BCUT2D eigenvalue weighted by Crippen LogP contribution is 2.26. The number of hydrogen-bond acceptors (Lipinski definition) is 3. The van der Waals surface area contributed by atoms with E-state index in [0.717, 1.165) is 45.7 Å². The Bertz CT molecular complexity index is 151. The van der Waals surface area contributed by atoms with Crippen LogP contribution in [-0.4, -0.2) is 32.5 Å². The van der Waals surface area contributed by atoms with Crippen molar-refractivity contribution < 1.29 is 9.47 Å². The predicted molar refractivity (Wildman–Crippen MR) is 50.4 cm³/mol. The predicted octanol–water partition coefficient (Wildman–Crippen LogP) is 0.777. The van der Waals surface area contributed by atoms with Crippen LogP contribution >= 0.6 is 0 Å². The average molecular weight is 185 g/mol. The Morgan fingerprint density at radius 2 is 1.54 bits per heavy atom. The molecule has 76 valence electrons. The molecule has 0 bridgehead atoms. The molecular formula is C10H19NO2. The third-order valence-electron chi connectivity index (χ3n) is 3.32. The van der Waals surface area contributed by atoms with Crippen LogP contribution in [0.5, 0.6) is 0 Å². The Kier molecular flexibility index (Phi) is 3.19. The molecule has 2 heterocycles. The Labute approximate surface area is 79.6 Å². The lowest BCUT2D eigenvalue weighted by Crippen LogP contribution is -2.40. The summed E-state index contributed by atoms with van der Waals surface area (Å²) in [5.41, 5.74) is 6.22. The molecule has 3 nitrogen and oxygen atoms in total. The van der Waals surface area contributed by atoms with Gasteiger partial charge in [-0.3, -0.25) is 0 Å². The zero-order chi connectivity index (χ0) is 9.10. The van der Waals surface area contributed by atoms with Crippen LogP contribution in [0, 0.1) is 11.8 Å². The van der Waals surface area contributed by atoms with Crippen molar-refractivity contribution in [2.75, 3.05) is 26.4 Å². The van der Waals surface area contributed by atoms with Crippen LogP contribution < -0.4 is 5.73 Å². The van der Waals surface area contributed by atoms with E-state index in [1.807, 2.05) is 0 Å². The Hall–Kier alpha value is -0.120. The number of ether oxygens (including phenoxy) is 2. The quantitative estimate of drug-likeness (QED) is 0.691. The van der Waals surface area contributed by atoms with Crippen molar-refractivity contribution in [2.24, 2.45) is 17.6 Å². The molecule has 0 saturated carbocycles. The second kappa shape index (κ2) is 4.40. The van der Waals surface area contributed by atoms with Gasteiger partial charge in [-0.05, 0) is 31.1 Å². The third-order valence-corrected chi connectivity index (χ3v) is 3.32. The summed E-state index contributed by atoms with van der Waals surface area (Å²) in [6.45, 7) is 3.57. The second-order valence-corrected chi connectivity index (χ2v) is 4.15. The van der Waals surface area contributed by atoms with Crippen molar-refractivity contribution in [3.63, 3.8) is 0 Å². The van der Waals surface area contributed by atoms with Crippen molar-refractivity contribution in [1.82, 2.24) is 0 Å². The molecule has 2 aliphatic rings.